The fraction of sp³-hybridized carbons (Fsp3) is 0.0588. The van der Waals surface area contributed by atoms with Crippen molar-refractivity contribution in [3.63, 3.8) is 0 Å². The number of nitrogens with zero attached hydrogens (tertiary/aromatic N) is 1. The van der Waals surface area contributed by atoms with Crippen molar-refractivity contribution >= 4 is 80.9 Å². The molecular formula is C51H35NS. The zero-order chi connectivity index (χ0) is 35.3. The molecule has 0 aliphatic heterocycles. The SMILES string of the molecule is CC1(C)c2ccccc2-c2cc(N(c3cccc(-c4cccc5c4sc4c6ccccc6ccc54)c3)c3cc4ccccc4c4ccccc34)ccc21. The van der Waals surface area contributed by atoms with Gasteiger partial charge in [-0.25, -0.2) is 0 Å². The van der Waals surface area contributed by atoms with Gasteiger partial charge in [0.2, 0.25) is 0 Å². The first-order chi connectivity index (χ1) is 26.0. The Balaban J connectivity index is 1.16. The lowest BCUT2D eigenvalue weighted by molar-refractivity contribution is 0.660. The van der Waals surface area contributed by atoms with Crippen molar-refractivity contribution in [2.45, 2.75) is 19.3 Å². The minimum absolute atomic E-state index is 0.0564. The standard InChI is InChI=1S/C51H35NS/c1-51(2)46-24-10-9-20-41(46)45-31-36(26-28-47(45)51)52(48-30-34-14-4-5-17-37(34)40-19-7-8-21-42(40)48)35-16-11-15-33(29-35)39-22-12-23-43-44-27-25-32-13-3-6-18-38(32)49(44)53-50(39)43/h3-31H,1-2H3. The summed E-state index contributed by atoms with van der Waals surface area (Å²) in [4.78, 5) is 2.49. The van der Waals surface area contributed by atoms with Crippen LogP contribution in [0.4, 0.5) is 17.1 Å². The van der Waals surface area contributed by atoms with Crippen LogP contribution in [-0.2, 0) is 5.41 Å². The summed E-state index contributed by atoms with van der Waals surface area (Å²) in [5, 5.41) is 10.2. The first-order valence-electron chi connectivity index (χ1n) is 18.4. The Morgan fingerprint density at radius 2 is 1.04 bits per heavy atom. The third-order valence-electron chi connectivity index (χ3n) is 11.6. The number of hydrogen-bond acceptors (Lipinski definition) is 2. The Hall–Kier alpha value is -6.22. The molecule has 0 fully saturated rings. The van der Waals surface area contributed by atoms with E-state index in [2.05, 4.69) is 195 Å². The Kier molecular flexibility index (Phi) is 6.53. The van der Waals surface area contributed by atoms with Crippen molar-refractivity contribution in [3.05, 3.63) is 187 Å². The van der Waals surface area contributed by atoms with Gasteiger partial charge in [0.1, 0.15) is 0 Å². The van der Waals surface area contributed by atoms with Gasteiger partial charge in [-0.15, -0.1) is 11.3 Å². The molecule has 53 heavy (non-hydrogen) atoms. The van der Waals surface area contributed by atoms with Crippen LogP contribution in [0.5, 0.6) is 0 Å². The van der Waals surface area contributed by atoms with Gasteiger partial charge in [0, 0.05) is 42.3 Å². The summed E-state index contributed by atoms with van der Waals surface area (Å²) in [6.07, 6.45) is 0. The summed E-state index contributed by atoms with van der Waals surface area (Å²) in [6.45, 7) is 4.71. The zero-order valence-corrected chi connectivity index (χ0v) is 30.4. The summed E-state index contributed by atoms with van der Waals surface area (Å²) < 4.78 is 2.68. The van der Waals surface area contributed by atoms with Gasteiger partial charge < -0.3 is 4.90 Å². The van der Waals surface area contributed by atoms with Crippen LogP contribution in [0.1, 0.15) is 25.0 Å². The lowest BCUT2D eigenvalue weighted by Crippen LogP contribution is -2.15. The van der Waals surface area contributed by atoms with Gasteiger partial charge in [0.15, 0.2) is 0 Å². The molecule has 1 aliphatic rings. The highest BCUT2D eigenvalue weighted by Gasteiger charge is 2.35. The topological polar surface area (TPSA) is 3.24 Å². The molecule has 11 rings (SSSR count). The molecule has 0 amide bonds. The lowest BCUT2D eigenvalue weighted by atomic mass is 9.82. The van der Waals surface area contributed by atoms with Crippen molar-refractivity contribution in [2.24, 2.45) is 0 Å². The smallest absolute Gasteiger partial charge is 0.0546 e. The monoisotopic (exact) mass is 693 g/mol. The number of anilines is 3. The molecule has 250 valence electrons. The second kappa shape index (κ2) is 11.4. The molecule has 0 N–H and O–H groups in total. The number of hydrogen-bond donors (Lipinski definition) is 0. The third kappa shape index (κ3) is 4.49. The zero-order valence-electron chi connectivity index (χ0n) is 29.6. The van der Waals surface area contributed by atoms with Gasteiger partial charge in [-0.2, -0.15) is 0 Å². The minimum Gasteiger partial charge on any atom is -0.310 e. The van der Waals surface area contributed by atoms with E-state index in [1.807, 2.05) is 11.3 Å². The maximum Gasteiger partial charge on any atom is 0.0546 e. The number of rotatable bonds is 4. The van der Waals surface area contributed by atoms with E-state index in [9.17, 15) is 0 Å². The van der Waals surface area contributed by atoms with E-state index in [1.54, 1.807) is 0 Å². The normalized spacial score (nSPS) is 13.2. The van der Waals surface area contributed by atoms with Crippen molar-refractivity contribution in [1.82, 2.24) is 0 Å². The number of fused-ring (bicyclic) bond motifs is 11. The molecule has 2 heteroatoms. The highest BCUT2D eigenvalue weighted by molar-refractivity contribution is 7.27. The van der Waals surface area contributed by atoms with E-state index >= 15 is 0 Å². The molecule has 1 nitrogen and oxygen atoms in total. The van der Waals surface area contributed by atoms with Gasteiger partial charge in [-0.05, 0) is 90.6 Å². The molecule has 0 radical (unpaired) electrons. The Labute approximate surface area is 313 Å². The second-order valence-electron chi connectivity index (χ2n) is 14.9. The van der Waals surface area contributed by atoms with Gasteiger partial charge in [0.25, 0.3) is 0 Å². The molecule has 0 saturated carbocycles. The molecular weight excluding hydrogens is 659 g/mol. The molecule has 0 unspecified atom stereocenters. The fourth-order valence-corrected chi connectivity index (χ4v) is 10.4. The van der Waals surface area contributed by atoms with E-state index in [0.717, 1.165) is 11.4 Å². The fourth-order valence-electron chi connectivity index (χ4n) is 9.06. The van der Waals surface area contributed by atoms with Crippen LogP contribution in [0.3, 0.4) is 0 Å². The summed E-state index contributed by atoms with van der Waals surface area (Å²) >= 11 is 1.92. The van der Waals surface area contributed by atoms with Crippen molar-refractivity contribution in [1.29, 1.82) is 0 Å². The van der Waals surface area contributed by atoms with Crippen LogP contribution in [0.15, 0.2) is 176 Å². The molecule has 0 spiro atoms. The van der Waals surface area contributed by atoms with Crippen molar-refractivity contribution in [2.75, 3.05) is 4.90 Å². The molecule has 9 aromatic carbocycles. The maximum absolute atomic E-state index is 2.49. The van der Waals surface area contributed by atoms with E-state index in [1.165, 1.54) is 91.6 Å². The van der Waals surface area contributed by atoms with E-state index in [0.29, 0.717) is 0 Å². The van der Waals surface area contributed by atoms with Gasteiger partial charge >= 0.3 is 0 Å². The van der Waals surface area contributed by atoms with Crippen LogP contribution < -0.4 is 4.90 Å². The highest BCUT2D eigenvalue weighted by atomic mass is 32.1. The third-order valence-corrected chi connectivity index (χ3v) is 12.9. The average Bonchev–Trinajstić information content (AvgIpc) is 3.70. The van der Waals surface area contributed by atoms with E-state index in [-0.39, 0.29) is 5.41 Å². The van der Waals surface area contributed by atoms with Crippen LogP contribution >= 0.6 is 11.3 Å². The Morgan fingerprint density at radius 1 is 0.396 bits per heavy atom. The summed E-state index contributed by atoms with van der Waals surface area (Å²) in [7, 11) is 0. The second-order valence-corrected chi connectivity index (χ2v) is 15.9. The van der Waals surface area contributed by atoms with Gasteiger partial charge in [-0.3, -0.25) is 0 Å². The van der Waals surface area contributed by atoms with Gasteiger partial charge in [-0.1, -0.05) is 159 Å². The maximum atomic E-state index is 2.49. The quantitative estimate of drug-likeness (QED) is 0.166. The van der Waals surface area contributed by atoms with E-state index < -0.39 is 0 Å². The van der Waals surface area contributed by atoms with Crippen LogP contribution in [0.25, 0.3) is 74.7 Å². The van der Waals surface area contributed by atoms with Crippen LogP contribution in [-0.4, -0.2) is 0 Å². The molecule has 1 aliphatic carbocycles. The minimum atomic E-state index is -0.0564. The summed E-state index contributed by atoms with van der Waals surface area (Å²) in [5.74, 6) is 0. The molecule has 1 heterocycles. The van der Waals surface area contributed by atoms with Crippen LogP contribution in [0.2, 0.25) is 0 Å². The molecule has 0 atom stereocenters. The Morgan fingerprint density at radius 3 is 1.92 bits per heavy atom. The first kappa shape index (κ1) is 30.4. The Bertz CT molecular complexity index is 3110. The number of thiophene rings is 1. The van der Waals surface area contributed by atoms with Crippen molar-refractivity contribution in [3.8, 4) is 22.3 Å². The largest absolute Gasteiger partial charge is 0.310 e. The predicted octanol–water partition coefficient (Wildman–Crippen LogP) is 15.0. The predicted molar refractivity (Wildman–Crippen MR) is 230 cm³/mol. The summed E-state index contributed by atoms with van der Waals surface area (Å²) in [5.41, 5.74) is 11.3. The average molecular weight is 694 g/mol. The molecule has 1 aromatic heterocycles. The molecule has 0 bridgehead atoms. The molecule has 0 saturated heterocycles. The molecule has 10 aromatic rings. The number of benzene rings is 9. The van der Waals surface area contributed by atoms with E-state index in [4.69, 9.17) is 0 Å². The van der Waals surface area contributed by atoms with Gasteiger partial charge in [0.05, 0.1) is 5.69 Å². The summed E-state index contributed by atoms with van der Waals surface area (Å²) in [6, 6.07) is 65.4. The van der Waals surface area contributed by atoms with Crippen LogP contribution in [0, 0.1) is 0 Å². The first-order valence-corrected chi connectivity index (χ1v) is 19.2. The lowest BCUT2D eigenvalue weighted by Gasteiger charge is -2.29. The van der Waals surface area contributed by atoms with Crippen molar-refractivity contribution < 1.29 is 0 Å². The highest BCUT2D eigenvalue weighted by Crippen LogP contribution is 2.52.